The van der Waals surface area contributed by atoms with E-state index >= 15 is 0 Å². The molecule has 1 saturated heterocycles. The van der Waals surface area contributed by atoms with Crippen LogP contribution in [0.1, 0.15) is 11.6 Å². The highest BCUT2D eigenvalue weighted by molar-refractivity contribution is 6.23. The quantitative estimate of drug-likeness (QED) is 0.556. The first-order valence-corrected chi connectivity index (χ1v) is 9.04. The van der Waals surface area contributed by atoms with Crippen molar-refractivity contribution in [2.45, 2.75) is 6.04 Å². The van der Waals surface area contributed by atoms with E-state index in [1.54, 1.807) is 0 Å². The summed E-state index contributed by atoms with van der Waals surface area (Å²) < 4.78 is 14.1. The minimum Gasteiger partial charge on any atom is -0.314 e. The molecule has 0 spiro atoms. The molecule has 1 N–H and O–H groups in total. The second kappa shape index (κ2) is 5.94. The zero-order chi connectivity index (χ0) is 16.8. The average molecular weight is 332 g/mol. The van der Waals surface area contributed by atoms with E-state index in [0.717, 1.165) is 31.7 Å². The Kier molecular flexibility index (Phi) is 3.58. The highest BCUT2D eigenvalue weighted by atomic mass is 19.1. The Bertz CT molecular complexity index is 1020. The van der Waals surface area contributed by atoms with Crippen LogP contribution in [-0.4, -0.2) is 37.8 Å². The Hall–Kier alpha value is -2.23. The maximum Gasteiger partial charge on any atom is 0.109 e. The lowest BCUT2D eigenvalue weighted by Gasteiger charge is -2.34. The maximum atomic E-state index is 14.1. The molecule has 1 aliphatic rings. The molecule has 0 saturated carbocycles. The summed E-state index contributed by atoms with van der Waals surface area (Å²) in [6, 6.07) is 19.3. The lowest BCUT2D eigenvalue weighted by molar-refractivity contribution is 0.148. The van der Waals surface area contributed by atoms with Gasteiger partial charge in [-0.3, -0.25) is 4.90 Å². The first-order valence-electron chi connectivity index (χ1n) is 9.04. The fraction of sp³-hybridized carbons (Fsp3) is 0.273. The molecule has 1 heterocycles. The Balaban J connectivity index is 1.78. The van der Waals surface area contributed by atoms with E-state index in [-0.39, 0.29) is 12.7 Å². The van der Waals surface area contributed by atoms with E-state index in [2.05, 4.69) is 64.8 Å². The summed E-state index contributed by atoms with van der Waals surface area (Å²) >= 11 is 0. The Morgan fingerprint density at radius 1 is 0.840 bits per heavy atom. The van der Waals surface area contributed by atoms with Gasteiger partial charge in [-0.05, 0) is 37.9 Å². The molecule has 25 heavy (non-hydrogen) atoms. The third-order valence-corrected chi connectivity index (χ3v) is 5.66. The monoisotopic (exact) mass is 332 g/mol. The molecule has 0 aromatic heterocycles. The summed E-state index contributed by atoms with van der Waals surface area (Å²) in [6.07, 6.45) is 0. The zero-order valence-corrected chi connectivity index (χ0v) is 14.1. The number of alkyl halides is 1. The van der Waals surface area contributed by atoms with Crippen LogP contribution in [0.15, 0.2) is 54.6 Å². The van der Waals surface area contributed by atoms with Gasteiger partial charge >= 0.3 is 0 Å². The van der Waals surface area contributed by atoms with Crippen molar-refractivity contribution in [2.24, 2.45) is 0 Å². The summed E-state index contributed by atoms with van der Waals surface area (Å²) in [6.45, 7) is 3.32. The van der Waals surface area contributed by atoms with Gasteiger partial charge in [0.05, 0.1) is 6.04 Å². The van der Waals surface area contributed by atoms with E-state index < -0.39 is 0 Å². The van der Waals surface area contributed by atoms with Gasteiger partial charge < -0.3 is 5.32 Å². The molecule has 0 radical (unpaired) electrons. The number of rotatable bonds is 3. The molecule has 0 amide bonds. The van der Waals surface area contributed by atoms with Crippen LogP contribution in [0.4, 0.5) is 4.39 Å². The first-order chi connectivity index (χ1) is 12.4. The van der Waals surface area contributed by atoms with Crippen molar-refractivity contribution >= 4 is 32.3 Å². The van der Waals surface area contributed by atoms with Gasteiger partial charge in [-0.15, -0.1) is 0 Å². The summed E-state index contributed by atoms with van der Waals surface area (Å²) in [5, 5.41) is 10.9. The number of hydrogen-bond donors (Lipinski definition) is 1. The van der Waals surface area contributed by atoms with E-state index in [4.69, 9.17) is 0 Å². The third-order valence-electron chi connectivity index (χ3n) is 5.66. The molecule has 0 bridgehead atoms. The van der Waals surface area contributed by atoms with Crippen molar-refractivity contribution < 1.29 is 4.39 Å². The fourth-order valence-electron chi connectivity index (χ4n) is 4.42. The largest absolute Gasteiger partial charge is 0.314 e. The summed E-state index contributed by atoms with van der Waals surface area (Å²) in [5.41, 5.74) is 1.12. The van der Waals surface area contributed by atoms with Crippen molar-refractivity contribution in [2.75, 3.05) is 32.9 Å². The topological polar surface area (TPSA) is 15.3 Å². The van der Waals surface area contributed by atoms with Crippen LogP contribution in [0.25, 0.3) is 32.3 Å². The average Bonchev–Trinajstić information content (AvgIpc) is 2.68. The van der Waals surface area contributed by atoms with Crippen LogP contribution in [0.2, 0.25) is 0 Å². The predicted molar refractivity (Wildman–Crippen MR) is 103 cm³/mol. The van der Waals surface area contributed by atoms with Crippen LogP contribution in [0.5, 0.6) is 0 Å². The molecular formula is C22H21FN2. The van der Waals surface area contributed by atoms with Crippen LogP contribution in [0, 0.1) is 0 Å². The van der Waals surface area contributed by atoms with E-state index in [0.29, 0.717) is 0 Å². The molecule has 4 aromatic carbocycles. The summed E-state index contributed by atoms with van der Waals surface area (Å²) in [7, 11) is 0. The normalized spacial score (nSPS) is 17.6. The highest BCUT2D eigenvalue weighted by Crippen LogP contribution is 2.38. The minimum atomic E-state index is -0.343. The Morgan fingerprint density at radius 2 is 1.48 bits per heavy atom. The van der Waals surface area contributed by atoms with Gasteiger partial charge in [0.25, 0.3) is 0 Å². The van der Waals surface area contributed by atoms with Crippen LogP contribution < -0.4 is 5.32 Å². The maximum absolute atomic E-state index is 14.1. The molecule has 0 aliphatic carbocycles. The minimum absolute atomic E-state index is 0.160. The molecule has 2 nitrogen and oxygen atoms in total. The third kappa shape index (κ3) is 2.30. The number of nitrogens with zero attached hydrogens (tertiary/aromatic N) is 1. The van der Waals surface area contributed by atoms with Crippen molar-refractivity contribution in [3.8, 4) is 0 Å². The molecule has 3 heteroatoms. The van der Waals surface area contributed by atoms with Crippen molar-refractivity contribution in [1.82, 2.24) is 10.2 Å². The van der Waals surface area contributed by atoms with Crippen molar-refractivity contribution in [1.29, 1.82) is 0 Å². The molecular weight excluding hydrogens is 311 g/mol. The summed E-state index contributed by atoms with van der Waals surface area (Å²) in [5.74, 6) is 0. The van der Waals surface area contributed by atoms with Gasteiger partial charge in [0.1, 0.15) is 6.67 Å². The van der Waals surface area contributed by atoms with Crippen molar-refractivity contribution in [3.63, 3.8) is 0 Å². The van der Waals surface area contributed by atoms with Crippen LogP contribution in [0.3, 0.4) is 0 Å². The Morgan fingerprint density at radius 3 is 2.20 bits per heavy atom. The number of nitrogens with one attached hydrogen (secondary N) is 1. The number of benzene rings is 4. The molecule has 1 atom stereocenters. The standard InChI is InChI=1S/C22H21FN2/c23-14-20(25-12-10-24-11-13-25)18-8-6-17-5-4-15-2-1-3-16-7-9-19(18)22(17)21(15)16/h1-9,20,24H,10-14H2/t20-/m0/s1. The van der Waals surface area contributed by atoms with E-state index in [1.165, 1.54) is 32.3 Å². The molecule has 1 fully saturated rings. The highest BCUT2D eigenvalue weighted by Gasteiger charge is 2.24. The van der Waals surface area contributed by atoms with Gasteiger partial charge in [-0.1, -0.05) is 54.6 Å². The predicted octanol–water partition coefficient (Wildman–Crippen LogP) is 4.50. The second-order valence-corrected chi connectivity index (χ2v) is 6.97. The summed E-state index contributed by atoms with van der Waals surface area (Å²) in [4.78, 5) is 2.28. The smallest absolute Gasteiger partial charge is 0.109 e. The Labute approximate surface area is 146 Å². The second-order valence-electron chi connectivity index (χ2n) is 6.97. The van der Waals surface area contributed by atoms with Crippen LogP contribution in [-0.2, 0) is 0 Å². The lowest BCUT2D eigenvalue weighted by atomic mass is 9.89. The molecule has 0 unspecified atom stereocenters. The van der Waals surface area contributed by atoms with Gasteiger partial charge in [0.15, 0.2) is 0 Å². The number of piperazine rings is 1. The van der Waals surface area contributed by atoms with Gasteiger partial charge in [0.2, 0.25) is 0 Å². The van der Waals surface area contributed by atoms with Gasteiger partial charge in [0, 0.05) is 26.2 Å². The fourth-order valence-corrected chi connectivity index (χ4v) is 4.42. The molecule has 5 rings (SSSR count). The van der Waals surface area contributed by atoms with Crippen molar-refractivity contribution in [3.05, 3.63) is 60.2 Å². The van der Waals surface area contributed by atoms with E-state index in [9.17, 15) is 4.39 Å². The first kappa shape index (κ1) is 15.1. The molecule has 4 aromatic rings. The lowest BCUT2D eigenvalue weighted by Crippen LogP contribution is -2.45. The molecule has 126 valence electrons. The van der Waals surface area contributed by atoms with Gasteiger partial charge in [-0.25, -0.2) is 4.39 Å². The number of halogens is 1. The van der Waals surface area contributed by atoms with Crippen LogP contribution >= 0.6 is 0 Å². The van der Waals surface area contributed by atoms with E-state index in [1.807, 2.05) is 0 Å². The number of hydrogen-bond acceptors (Lipinski definition) is 2. The molecule has 1 aliphatic heterocycles. The SMILES string of the molecule is FC[C@@H](c1ccc2ccc3cccc4ccc1c2c34)N1CCNCC1. The zero-order valence-electron chi connectivity index (χ0n) is 14.1. The van der Waals surface area contributed by atoms with Gasteiger partial charge in [-0.2, -0.15) is 0 Å².